The monoisotopic (exact) mass is 317 g/mol. The summed E-state index contributed by atoms with van der Waals surface area (Å²) in [6, 6.07) is 17.8. The topological polar surface area (TPSA) is 76.4 Å². The quantitative estimate of drug-likeness (QED) is 0.766. The SMILES string of the molecule is CS(=O)(=O)Oc1cccc(C(C#N)OCc2ccccc2)c1. The molecule has 0 amide bonds. The highest BCUT2D eigenvalue weighted by Crippen LogP contribution is 2.23. The van der Waals surface area contributed by atoms with Crippen molar-refractivity contribution in [3.8, 4) is 11.8 Å². The first-order chi connectivity index (χ1) is 10.5. The lowest BCUT2D eigenvalue weighted by Crippen LogP contribution is -2.07. The van der Waals surface area contributed by atoms with E-state index in [-0.39, 0.29) is 12.4 Å². The predicted molar refractivity (Wildman–Crippen MR) is 81.5 cm³/mol. The third kappa shape index (κ3) is 4.88. The van der Waals surface area contributed by atoms with Crippen LogP contribution in [0.2, 0.25) is 0 Å². The first-order valence-electron chi connectivity index (χ1n) is 6.52. The highest BCUT2D eigenvalue weighted by molar-refractivity contribution is 7.86. The fourth-order valence-electron chi connectivity index (χ4n) is 1.87. The highest BCUT2D eigenvalue weighted by atomic mass is 32.2. The Balaban J connectivity index is 2.11. The molecule has 0 saturated carbocycles. The maximum Gasteiger partial charge on any atom is 0.306 e. The summed E-state index contributed by atoms with van der Waals surface area (Å²) >= 11 is 0. The lowest BCUT2D eigenvalue weighted by molar-refractivity contribution is 0.0766. The summed E-state index contributed by atoms with van der Waals surface area (Å²) in [4.78, 5) is 0. The molecule has 5 nitrogen and oxygen atoms in total. The number of nitriles is 1. The van der Waals surface area contributed by atoms with E-state index < -0.39 is 16.2 Å². The number of hydrogen-bond donors (Lipinski definition) is 0. The van der Waals surface area contributed by atoms with Crippen LogP contribution in [0.25, 0.3) is 0 Å². The van der Waals surface area contributed by atoms with E-state index in [1.807, 2.05) is 30.3 Å². The minimum Gasteiger partial charge on any atom is -0.383 e. The van der Waals surface area contributed by atoms with E-state index in [0.717, 1.165) is 11.8 Å². The van der Waals surface area contributed by atoms with Crippen LogP contribution >= 0.6 is 0 Å². The van der Waals surface area contributed by atoms with Crippen LogP contribution in [-0.4, -0.2) is 14.7 Å². The molecule has 0 N–H and O–H groups in total. The van der Waals surface area contributed by atoms with Gasteiger partial charge in [-0.05, 0) is 23.3 Å². The molecule has 0 saturated heterocycles. The van der Waals surface area contributed by atoms with Crippen LogP contribution in [0.3, 0.4) is 0 Å². The van der Waals surface area contributed by atoms with Gasteiger partial charge in [0.25, 0.3) is 0 Å². The van der Waals surface area contributed by atoms with Crippen molar-refractivity contribution in [2.75, 3.05) is 6.26 Å². The summed E-state index contributed by atoms with van der Waals surface area (Å²) < 4.78 is 32.7. The second-order valence-corrected chi connectivity index (χ2v) is 6.24. The number of benzene rings is 2. The predicted octanol–water partition coefficient (Wildman–Crippen LogP) is 2.81. The molecule has 0 fully saturated rings. The van der Waals surface area contributed by atoms with Crippen molar-refractivity contribution in [2.45, 2.75) is 12.7 Å². The van der Waals surface area contributed by atoms with E-state index in [1.165, 1.54) is 12.1 Å². The van der Waals surface area contributed by atoms with E-state index >= 15 is 0 Å². The zero-order valence-corrected chi connectivity index (χ0v) is 12.8. The van der Waals surface area contributed by atoms with Gasteiger partial charge in [-0.3, -0.25) is 0 Å². The number of rotatable bonds is 6. The maximum atomic E-state index is 11.1. The van der Waals surface area contributed by atoms with Gasteiger partial charge in [0.05, 0.1) is 18.9 Å². The molecule has 6 heteroatoms. The van der Waals surface area contributed by atoms with Gasteiger partial charge in [-0.2, -0.15) is 13.7 Å². The molecule has 2 aromatic carbocycles. The molecule has 0 aliphatic rings. The summed E-state index contributed by atoms with van der Waals surface area (Å²) in [5, 5.41) is 9.25. The van der Waals surface area contributed by atoms with Crippen molar-refractivity contribution in [3.05, 3.63) is 65.7 Å². The van der Waals surface area contributed by atoms with Crippen molar-refractivity contribution >= 4 is 10.1 Å². The Hall–Kier alpha value is -2.36. The molecular formula is C16H15NO4S. The fourth-order valence-corrected chi connectivity index (χ4v) is 2.32. The van der Waals surface area contributed by atoms with Gasteiger partial charge in [-0.15, -0.1) is 0 Å². The summed E-state index contributed by atoms with van der Waals surface area (Å²) in [5.41, 5.74) is 1.49. The lowest BCUT2D eigenvalue weighted by Gasteiger charge is -2.12. The van der Waals surface area contributed by atoms with Crippen molar-refractivity contribution < 1.29 is 17.3 Å². The van der Waals surface area contributed by atoms with Crippen LogP contribution in [0, 0.1) is 11.3 Å². The third-order valence-corrected chi connectivity index (χ3v) is 3.28. The minimum absolute atomic E-state index is 0.156. The van der Waals surface area contributed by atoms with E-state index in [4.69, 9.17) is 8.92 Å². The second-order valence-electron chi connectivity index (χ2n) is 4.67. The third-order valence-electron chi connectivity index (χ3n) is 2.79. The van der Waals surface area contributed by atoms with Gasteiger partial charge in [-0.25, -0.2) is 0 Å². The molecule has 0 aliphatic heterocycles. The molecule has 114 valence electrons. The van der Waals surface area contributed by atoms with E-state index in [0.29, 0.717) is 5.56 Å². The van der Waals surface area contributed by atoms with Crippen LogP contribution < -0.4 is 4.18 Å². The van der Waals surface area contributed by atoms with Gasteiger partial charge in [0.2, 0.25) is 0 Å². The molecule has 0 heterocycles. The van der Waals surface area contributed by atoms with Gasteiger partial charge >= 0.3 is 10.1 Å². The van der Waals surface area contributed by atoms with Crippen LogP contribution in [-0.2, 0) is 21.5 Å². The molecular weight excluding hydrogens is 302 g/mol. The smallest absolute Gasteiger partial charge is 0.306 e. The van der Waals surface area contributed by atoms with Gasteiger partial charge in [0.15, 0.2) is 6.10 Å². The van der Waals surface area contributed by atoms with Gasteiger partial charge in [-0.1, -0.05) is 42.5 Å². The molecule has 1 unspecified atom stereocenters. The standard InChI is InChI=1S/C16H15NO4S/c1-22(18,19)21-15-9-5-8-14(10-15)16(11-17)20-12-13-6-3-2-4-7-13/h2-10,16H,12H2,1H3. The molecule has 0 spiro atoms. The normalized spacial score (nSPS) is 12.4. The van der Waals surface area contributed by atoms with E-state index in [9.17, 15) is 13.7 Å². The van der Waals surface area contributed by atoms with E-state index in [1.54, 1.807) is 12.1 Å². The zero-order chi connectivity index (χ0) is 16.0. The van der Waals surface area contributed by atoms with Crippen LogP contribution in [0.4, 0.5) is 0 Å². The Morgan fingerprint density at radius 3 is 2.50 bits per heavy atom. The van der Waals surface area contributed by atoms with Gasteiger partial charge < -0.3 is 8.92 Å². The second kappa shape index (κ2) is 7.07. The van der Waals surface area contributed by atoms with Crippen LogP contribution in [0.5, 0.6) is 5.75 Å². The number of ether oxygens (including phenoxy) is 1. The van der Waals surface area contributed by atoms with E-state index in [2.05, 4.69) is 6.07 Å². The number of nitrogens with zero attached hydrogens (tertiary/aromatic N) is 1. The Morgan fingerprint density at radius 1 is 1.14 bits per heavy atom. The summed E-state index contributed by atoms with van der Waals surface area (Å²) in [7, 11) is -3.61. The zero-order valence-electron chi connectivity index (χ0n) is 12.0. The van der Waals surface area contributed by atoms with Gasteiger partial charge in [0, 0.05) is 0 Å². The van der Waals surface area contributed by atoms with Crippen molar-refractivity contribution in [3.63, 3.8) is 0 Å². The minimum atomic E-state index is -3.61. The average molecular weight is 317 g/mol. The van der Waals surface area contributed by atoms with Crippen molar-refractivity contribution in [1.82, 2.24) is 0 Å². The molecule has 0 radical (unpaired) electrons. The Labute approximate surface area is 129 Å². The van der Waals surface area contributed by atoms with Crippen LogP contribution in [0.1, 0.15) is 17.2 Å². The summed E-state index contributed by atoms with van der Waals surface area (Å²) in [6.07, 6.45) is 0.163. The largest absolute Gasteiger partial charge is 0.383 e. The summed E-state index contributed by atoms with van der Waals surface area (Å²) in [6.45, 7) is 0.288. The molecule has 22 heavy (non-hydrogen) atoms. The highest BCUT2D eigenvalue weighted by Gasteiger charge is 2.13. The Kier molecular flexibility index (Phi) is 5.15. The maximum absolute atomic E-state index is 11.1. The fraction of sp³-hybridized carbons (Fsp3) is 0.188. The molecule has 0 aliphatic carbocycles. The Bertz CT molecular complexity index is 766. The first-order valence-corrected chi connectivity index (χ1v) is 8.34. The van der Waals surface area contributed by atoms with Gasteiger partial charge in [0.1, 0.15) is 5.75 Å². The molecule has 0 bridgehead atoms. The summed E-state index contributed by atoms with van der Waals surface area (Å²) in [5.74, 6) is 0.156. The van der Waals surface area contributed by atoms with Crippen LogP contribution in [0.15, 0.2) is 54.6 Å². The molecule has 2 aromatic rings. The Morgan fingerprint density at radius 2 is 1.86 bits per heavy atom. The first kappa shape index (κ1) is 16.0. The molecule has 1 atom stereocenters. The lowest BCUT2D eigenvalue weighted by atomic mass is 10.1. The number of hydrogen-bond acceptors (Lipinski definition) is 5. The van der Waals surface area contributed by atoms with Crippen molar-refractivity contribution in [2.24, 2.45) is 0 Å². The molecule has 0 aromatic heterocycles. The van der Waals surface area contributed by atoms with Crippen molar-refractivity contribution in [1.29, 1.82) is 5.26 Å². The average Bonchev–Trinajstić information content (AvgIpc) is 2.48. The molecule has 2 rings (SSSR count).